The van der Waals surface area contributed by atoms with Crippen LogP contribution in [0.25, 0.3) is 11.1 Å². The molecule has 0 aliphatic heterocycles. The highest BCUT2D eigenvalue weighted by Gasteiger charge is 2.58. The maximum absolute atomic E-state index is 14.9. The van der Waals surface area contributed by atoms with Crippen molar-refractivity contribution in [2.75, 3.05) is 23.8 Å². The number of hydrogen-bond donors (Lipinski definition) is 6. The van der Waals surface area contributed by atoms with E-state index in [1.165, 1.54) is 5.56 Å². The molecule has 2 saturated carbocycles. The van der Waals surface area contributed by atoms with Crippen molar-refractivity contribution < 1.29 is 43.0 Å². The van der Waals surface area contributed by atoms with Gasteiger partial charge in [0.15, 0.2) is 0 Å². The number of alkyl carbamates (subject to hydrolysis) is 2. The summed E-state index contributed by atoms with van der Waals surface area (Å²) in [4.78, 5) is 95.7. The first-order valence-corrected chi connectivity index (χ1v) is 28.5. The summed E-state index contributed by atoms with van der Waals surface area (Å²) in [6.07, 6.45) is 6.17. The summed E-state index contributed by atoms with van der Waals surface area (Å²) in [6.45, 7) is 18.8. The molecule has 6 N–H and O–H groups in total. The molecule has 5 aliphatic carbocycles. The minimum absolute atomic E-state index is 0.0728. The van der Waals surface area contributed by atoms with E-state index in [-0.39, 0.29) is 48.6 Å². The van der Waals surface area contributed by atoms with Crippen molar-refractivity contribution in [2.45, 2.75) is 168 Å². The largest absolute Gasteiger partial charge is 0.449 e. The lowest BCUT2D eigenvalue weighted by atomic mass is 9.49. The van der Waals surface area contributed by atoms with Gasteiger partial charge >= 0.3 is 12.2 Å². The molecule has 4 aromatic carbocycles. The molecule has 420 valence electrons. The average molecular weight is 1080 g/mol. The monoisotopic (exact) mass is 1080 g/mol. The summed E-state index contributed by atoms with van der Waals surface area (Å²) < 4.78 is 11.0. The summed E-state index contributed by atoms with van der Waals surface area (Å²) in [5.41, 5.74) is 6.88. The van der Waals surface area contributed by atoms with Crippen LogP contribution in [0.1, 0.15) is 160 Å². The fourth-order valence-corrected chi connectivity index (χ4v) is 14.6. The van der Waals surface area contributed by atoms with E-state index in [1.807, 2.05) is 68.4 Å². The molecular weight excluding hydrogens is 997 g/mol. The Bertz CT molecular complexity index is 3030. The molecule has 8 atom stereocenters. The maximum Gasteiger partial charge on any atom is 0.408 e. The van der Waals surface area contributed by atoms with Crippen LogP contribution >= 0.6 is 0 Å². The molecule has 7 amide bonds. The first-order chi connectivity index (χ1) is 37.3. The van der Waals surface area contributed by atoms with Gasteiger partial charge < -0.3 is 36.1 Å². The Morgan fingerprint density at radius 1 is 0.620 bits per heavy atom. The van der Waals surface area contributed by atoms with Gasteiger partial charge in [-0.1, -0.05) is 115 Å². The van der Waals surface area contributed by atoms with Gasteiger partial charge in [0.2, 0.25) is 29.5 Å². The Labute approximate surface area is 465 Å². The molecule has 2 fully saturated rings. The normalized spacial score (nSPS) is 25.5. The number of hydrogen-bond acceptors (Lipinski definition) is 9. The summed E-state index contributed by atoms with van der Waals surface area (Å²) in [6, 6.07) is 26.3. The van der Waals surface area contributed by atoms with Crippen LogP contribution in [0.4, 0.5) is 21.0 Å². The number of carbonyl (C=O) groups is 7. The predicted molar refractivity (Wildman–Crippen MR) is 304 cm³/mol. The standard InChI is InChI=1S/C64H80N6O9/c1-37(2)53(69-59(77)79-60(4,5)6)55(73)66-38(3)54(72)68-42-26-22-40-24-28-51-62(8,49(40)34-42)30-16-32-64(51,10)57(75)70-56(74)63(9)31-15-29-61(7)48-33-41(25-21-39(48)23-27-50(61)63)67-52(71)35-65-58(76)78-36-47-45-19-13-11-17-43(45)44-18-12-14-20-46(44)47/h11-14,17-22,25-26,33-34,37-38,47,50-51,53H,15-16,23-24,27-32,35-36H2,1-10H3,(H,65,76)(H,66,73)(H,67,71)(H,68,72)(H,69,77)(H,70,74,75)/t38?,50-,51-,53?,61-,62-,63+,64+/m1/s1. The number of anilines is 2. The lowest BCUT2D eigenvalue weighted by Gasteiger charge is -2.56. The third kappa shape index (κ3) is 11.2. The van der Waals surface area contributed by atoms with Crippen molar-refractivity contribution in [3.8, 4) is 11.1 Å². The SMILES string of the molecule is CC(NC(=O)C(NC(=O)OC(C)(C)C)C(C)C)C(=O)Nc1ccc2c(c1)[C@@]1(C)CCC[C@](C)(C(=O)NC(=O)[C@@]3(C)CCC[C@]4(C)c5cc(NC(=O)CNC(=O)OCC6c7ccccc7-c7ccccc76)ccc5CC[C@@H]34)[C@@H]1CC2. The molecular formula is C64H80N6O9. The molecule has 0 heterocycles. The number of nitrogens with one attached hydrogen (secondary N) is 6. The molecule has 2 unspecified atom stereocenters. The topological polar surface area (TPSA) is 210 Å². The first kappa shape index (κ1) is 56.7. The van der Waals surface area contributed by atoms with Gasteiger partial charge in [0.25, 0.3) is 0 Å². The lowest BCUT2D eigenvalue weighted by molar-refractivity contribution is -0.150. The van der Waals surface area contributed by atoms with E-state index in [4.69, 9.17) is 9.47 Å². The molecule has 0 saturated heterocycles. The van der Waals surface area contributed by atoms with E-state index in [2.05, 4.69) is 76.1 Å². The number of carbonyl (C=O) groups excluding carboxylic acids is 7. The van der Waals surface area contributed by atoms with Crippen LogP contribution in [0.15, 0.2) is 84.9 Å². The fourth-order valence-electron chi connectivity index (χ4n) is 14.6. The van der Waals surface area contributed by atoms with Gasteiger partial charge in [-0.15, -0.1) is 0 Å². The van der Waals surface area contributed by atoms with E-state index < -0.39 is 69.3 Å². The molecule has 0 bridgehead atoms. The van der Waals surface area contributed by atoms with E-state index in [9.17, 15) is 33.6 Å². The van der Waals surface area contributed by atoms with Crippen LogP contribution in [0.2, 0.25) is 0 Å². The summed E-state index contributed by atoms with van der Waals surface area (Å²) in [7, 11) is 0. The Balaban J connectivity index is 0.820. The van der Waals surface area contributed by atoms with Crippen LogP contribution in [0, 0.1) is 28.6 Å². The zero-order valence-electron chi connectivity index (χ0n) is 47.7. The Morgan fingerprint density at radius 2 is 1.13 bits per heavy atom. The number of benzene rings is 4. The van der Waals surface area contributed by atoms with Gasteiger partial charge in [-0.25, -0.2) is 9.59 Å². The summed E-state index contributed by atoms with van der Waals surface area (Å²) in [5.74, 6) is -2.33. The number of aryl methyl sites for hydroxylation is 2. The van der Waals surface area contributed by atoms with Crippen LogP contribution in [0.3, 0.4) is 0 Å². The number of imide groups is 1. The highest BCUT2D eigenvalue weighted by molar-refractivity contribution is 6.01. The lowest BCUT2D eigenvalue weighted by Crippen LogP contribution is -2.60. The molecule has 0 aromatic heterocycles. The van der Waals surface area contributed by atoms with Crippen LogP contribution < -0.4 is 31.9 Å². The number of ether oxygens (including phenoxy) is 2. The number of rotatable bonds is 13. The van der Waals surface area contributed by atoms with Gasteiger partial charge in [-0.05, 0) is 176 Å². The van der Waals surface area contributed by atoms with E-state index in [1.54, 1.807) is 41.5 Å². The van der Waals surface area contributed by atoms with Crippen LogP contribution in [-0.2, 0) is 57.1 Å². The molecule has 5 aliphatic rings. The molecule has 15 nitrogen and oxygen atoms in total. The van der Waals surface area contributed by atoms with Gasteiger partial charge in [-0.3, -0.25) is 29.3 Å². The fraction of sp³-hybridized carbons (Fsp3) is 0.516. The smallest absolute Gasteiger partial charge is 0.408 e. The number of fused-ring (bicyclic) bond motifs is 9. The Hall–Kier alpha value is -7.03. The van der Waals surface area contributed by atoms with Crippen molar-refractivity contribution in [3.63, 3.8) is 0 Å². The van der Waals surface area contributed by atoms with Crippen LogP contribution in [0.5, 0.6) is 0 Å². The van der Waals surface area contributed by atoms with Crippen molar-refractivity contribution in [2.24, 2.45) is 28.6 Å². The molecule has 0 radical (unpaired) electrons. The maximum atomic E-state index is 14.9. The van der Waals surface area contributed by atoms with Crippen LogP contribution in [-0.4, -0.2) is 72.6 Å². The third-order valence-corrected chi connectivity index (χ3v) is 18.6. The summed E-state index contributed by atoms with van der Waals surface area (Å²) in [5, 5.41) is 17.0. The second kappa shape index (κ2) is 21.9. The van der Waals surface area contributed by atoms with Crippen molar-refractivity contribution >= 4 is 53.1 Å². The first-order valence-electron chi connectivity index (χ1n) is 28.5. The van der Waals surface area contributed by atoms with Crippen molar-refractivity contribution in [1.82, 2.24) is 21.3 Å². The third-order valence-electron chi connectivity index (χ3n) is 18.6. The van der Waals surface area contributed by atoms with E-state index in [0.29, 0.717) is 24.2 Å². The van der Waals surface area contributed by atoms with E-state index in [0.717, 1.165) is 90.3 Å². The Morgan fingerprint density at radius 3 is 1.63 bits per heavy atom. The molecule has 15 heteroatoms. The minimum atomic E-state index is -0.926. The highest BCUT2D eigenvalue weighted by atomic mass is 16.6. The quantitative estimate of drug-likeness (QED) is 0.0703. The van der Waals surface area contributed by atoms with Crippen molar-refractivity contribution in [3.05, 3.63) is 118 Å². The summed E-state index contributed by atoms with van der Waals surface area (Å²) >= 11 is 0. The molecule has 79 heavy (non-hydrogen) atoms. The van der Waals surface area contributed by atoms with Crippen molar-refractivity contribution in [1.29, 1.82) is 0 Å². The van der Waals surface area contributed by atoms with E-state index >= 15 is 0 Å². The second-order valence-corrected chi connectivity index (χ2v) is 25.4. The zero-order chi connectivity index (χ0) is 56.8. The molecule has 4 aromatic rings. The average Bonchev–Trinajstić information content (AvgIpc) is 3.93. The minimum Gasteiger partial charge on any atom is -0.449 e. The molecule has 9 rings (SSSR count). The Kier molecular flexibility index (Phi) is 15.7. The van der Waals surface area contributed by atoms with Gasteiger partial charge in [0.05, 0.1) is 10.8 Å². The number of amides is 7. The molecule has 0 spiro atoms. The van der Waals surface area contributed by atoms with Gasteiger partial charge in [0, 0.05) is 17.3 Å². The zero-order valence-corrected chi connectivity index (χ0v) is 47.7. The second-order valence-electron chi connectivity index (χ2n) is 25.4. The predicted octanol–water partition coefficient (Wildman–Crippen LogP) is 10.5. The van der Waals surface area contributed by atoms with Gasteiger partial charge in [0.1, 0.15) is 30.8 Å². The highest BCUT2D eigenvalue weighted by Crippen LogP contribution is 2.60. The van der Waals surface area contributed by atoms with Gasteiger partial charge in [-0.2, -0.15) is 0 Å².